The fourth-order valence-electron chi connectivity index (χ4n) is 3.13. The van der Waals surface area contributed by atoms with Gasteiger partial charge in [-0.25, -0.2) is 0 Å². The van der Waals surface area contributed by atoms with Crippen molar-refractivity contribution in [3.05, 3.63) is 0 Å². The summed E-state index contributed by atoms with van der Waals surface area (Å²) >= 11 is 0. The molecule has 2 fully saturated rings. The molecule has 3 atom stereocenters. The molecule has 0 amide bonds. The molecular weight excluding hydrogens is 200 g/mol. The van der Waals surface area contributed by atoms with Crippen molar-refractivity contribution in [1.82, 2.24) is 4.90 Å². The van der Waals surface area contributed by atoms with Crippen LogP contribution in [0.2, 0.25) is 0 Å². The Hall–Kier alpha value is -0.120. The summed E-state index contributed by atoms with van der Waals surface area (Å²) in [7, 11) is 2.23. The average Bonchev–Trinajstić information content (AvgIpc) is 2.74. The number of nitrogens with two attached hydrogens (primary N) is 1. The van der Waals surface area contributed by atoms with Crippen LogP contribution in [0.4, 0.5) is 0 Å². The molecule has 1 aliphatic carbocycles. The summed E-state index contributed by atoms with van der Waals surface area (Å²) < 4.78 is 5.47. The molecule has 2 rings (SSSR count). The van der Waals surface area contributed by atoms with Gasteiger partial charge in [0.1, 0.15) is 0 Å². The minimum Gasteiger partial charge on any atom is -0.380 e. The van der Waals surface area contributed by atoms with Gasteiger partial charge in [-0.1, -0.05) is 13.8 Å². The van der Waals surface area contributed by atoms with Gasteiger partial charge in [-0.2, -0.15) is 0 Å². The van der Waals surface area contributed by atoms with Crippen LogP contribution in [0.15, 0.2) is 0 Å². The van der Waals surface area contributed by atoms with E-state index >= 15 is 0 Å². The summed E-state index contributed by atoms with van der Waals surface area (Å²) in [4.78, 5) is 2.48. The summed E-state index contributed by atoms with van der Waals surface area (Å²) in [6.45, 7) is 6.54. The highest BCUT2D eigenvalue weighted by atomic mass is 16.5. The molecule has 94 valence electrons. The third-order valence-corrected chi connectivity index (χ3v) is 4.42. The van der Waals surface area contributed by atoms with Gasteiger partial charge in [0.25, 0.3) is 0 Å². The van der Waals surface area contributed by atoms with E-state index in [0.29, 0.717) is 23.5 Å². The van der Waals surface area contributed by atoms with Gasteiger partial charge in [-0.3, -0.25) is 4.90 Å². The topological polar surface area (TPSA) is 38.5 Å². The van der Waals surface area contributed by atoms with Crippen molar-refractivity contribution >= 4 is 0 Å². The Morgan fingerprint density at radius 3 is 2.69 bits per heavy atom. The molecule has 0 bridgehead atoms. The smallest absolute Gasteiger partial charge is 0.0622 e. The van der Waals surface area contributed by atoms with E-state index < -0.39 is 0 Å². The first-order chi connectivity index (χ1) is 7.49. The van der Waals surface area contributed by atoms with Crippen LogP contribution in [0.1, 0.15) is 39.5 Å². The molecule has 2 aliphatic rings. The minimum absolute atomic E-state index is 0.346. The summed E-state index contributed by atoms with van der Waals surface area (Å²) in [5, 5.41) is 0. The van der Waals surface area contributed by atoms with Crippen LogP contribution in [-0.2, 0) is 4.74 Å². The third kappa shape index (κ3) is 2.58. The molecule has 0 aromatic rings. The van der Waals surface area contributed by atoms with Crippen molar-refractivity contribution in [3.63, 3.8) is 0 Å². The molecule has 1 aliphatic heterocycles. The summed E-state index contributed by atoms with van der Waals surface area (Å²) in [6, 6.07) is 1.47. The first-order valence-electron chi connectivity index (χ1n) is 6.55. The van der Waals surface area contributed by atoms with Crippen molar-refractivity contribution in [3.8, 4) is 0 Å². The first kappa shape index (κ1) is 12.3. The molecule has 3 heteroatoms. The lowest BCUT2D eigenvalue weighted by Crippen LogP contribution is -2.54. The highest BCUT2D eigenvalue weighted by Crippen LogP contribution is 2.37. The van der Waals surface area contributed by atoms with Crippen molar-refractivity contribution < 1.29 is 4.74 Å². The summed E-state index contributed by atoms with van der Waals surface area (Å²) in [6.07, 6.45) is 4.82. The van der Waals surface area contributed by atoms with Crippen LogP contribution in [0.5, 0.6) is 0 Å². The molecular formula is C13H26N2O. The molecule has 2 N–H and O–H groups in total. The van der Waals surface area contributed by atoms with E-state index in [1.165, 1.54) is 19.3 Å². The zero-order valence-corrected chi connectivity index (χ0v) is 10.9. The van der Waals surface area contributed by atoms with E-state index in [0.717, 1.165) is 19.6 Å². The lowest BCUT2D eigenvalue weighted by atomic mass is 9.72. The first-order valence-corrected chi connectivity index (χ1v) is 6.55. The SMILES string of the molecule is CN(C1CCOC1)C1CC(C)(C)CCC1N. The van der Waals surface area contributed by atoms with Crippen LogP contribution in [-0.4, -0.2) is 43.3 Å². The van der Waals surface area contributed by atoms with Gasteiger partial charge < -0.3 is 10.5 Å². The van der Waals surface area contributed by atoms with Crippen LogP contribution < -0.4 is 5.73 Å². The molecule has 3 nitrogen and oxygen atoms in total. The van der Waals surface area contributed by atoms with Crippen molar-refractivity contribution in [2.75, 3.05) is 20.3 Å². The Labute approximate surface area is 99.3 Å². The number of likely N-dealkylation sites (N-methyl/N-ethyl adjacent to an activating group) is 1. The molecule has 1 heterocycles. The van der Waals surface area contributed by atoms with Crippen molar-refractivity contribution in [2.45, 2.75) is 57.7 Å². The maximum Gasteiger partial charge on any atom is 0.0622 e. The normalized spacial score (nSPS) is 39.2. The maximum absolute atomic E-state index is 6.29. The monoisotopic (exact) mass is 226 g/mol. The highest BCUT2D eigenvalue weighted by Gasteiger charge is 2.37. The summed E-state index contributed by atoms with van der Waals surface area (Å²) in [5.41, 5.74) is 6.74. The van der Waals surface area contributed by atoms with E-state index in [-0.39, 0.29) is 0 Å². The molecule has 0 radical (unpaired) electrons. The van der Waals surface area contributed by atoms with E-state index in [1.807, 2.05) is 0 Å². The molecule has 0 aromatic carbocycles. The van der Waals surface area contributed by atoms with Crippen LogP contribution in [0.25, 0.3) is 0 Å². The quantitative estimate of drug-likeness (QED) is 0.777. The number of rotatable bonds is 2. The van der Waals surface area contributed by atoms with Gasteiger partial charge in [0.05, 0.1) is 6.61 Å². The predicted octanol–water partition coefficient (Wildman–Crippen LogP) is 1.61. The molecule has 0 aromatic heterocycles. The fraction of sp³-hybridized carbons (Fsp3) is 1.00. The molecule has 16 heavy (non-hydrogen) atoms. The van der Waals surface area contributed by atoms with Crippen LogP contribution >= 0.6 is 0 Å². The van der Waals surface area contributed by atoms with Crippen LogP contribution in [0.3, 0.4) is 0 Å². The predicted molar refractivity (Wildman–Crippen MR) is 66.4 cm³/mol. The molecule has 1 saturated heterocycles. The van der Waals surface area contributed by atoms with Crippen LogP contribution in [0, 0.1) is 5.41 Å². The second-order valence-electron chi connectivity index (χ2n) is 6.32. The number of ether oxygens (including phenoxy) is 1. The Bertz CT molecular complexity index is 236. The van der Waals surface area contributed by atoms with E-state index in [2.05, 4.69) is 25.8 Å². The standard InChI is InChI=1S/C13H26N2O/c1-13(2)6-4-11(14)12(8-13)15(3)10-5-7-16-9-10/h10-12H,4-9,14H2,1-3H3. The Kier molecular flexibility index (Phi) is 3.57. The Balaban J connectivity index is 2.00. The van der Waals surface area contributed by atoms with E-state index in [4.69, 9.17) is 10.5 Å². The largest absolute Gasteiger partial charge is 0.380 e. The molecule has 3 unspecified atom stereocenters. The second kappa shape index (κ2) is 4.63. The fourth-order valence-corrected chi connectivity index (χ4v) is 3.13. The Morgan fingerprint density at radius 1 is 1.31 bits per heavy atom. The van der Waals surface area contributed by atoms with Gasteiger partial charge in [-0.15, -0.1) is 0 Å². The van der Waals surface area contributed by atoms with Gasteiger partial charge in [-0.05, 0) is 38.1 Å². The van der Waals surface area contributed by atoms with E-state index in [9.17, 15) is 0 Å². The Morgan fingerprint density at radius 2 is 2.06 bits per heavy atom. The highest BCUT2D eigenvalue weighted by molar-refractivity contribution is 4.94. The number of hydrogen-bond acceptors (Lipinski definition) is 3. The van der Waals surface area contributed by atoms with Gasteiger partial charge in [0.2, 0.25) is 0 Å². The lowest BCUT2D eigenvalue weighted by molar-refractivity contribution is 0.0602. The molecule has 0 spiro atoms. The zero-order valence-electron chi connectivity index (χ0n) is 10.9. The summed E-state index contributed by atoms with van der Waals surface area (Å²) in [5.74, 6) is 0. The lowest BCUT2D eigenvalue weighted by Gasteiger charge is -2.45. The van der Waals surface area contributed by atoms with Gasteiger partial charge in [0.15, 0.2) is 0 Å². The maximum atomic E-state index is 6.29. The van der Waals surface area contributed by atoms with Gasteiger partial charge in [0, 0.05) is 24.7 Å². The number of hydrogen-bond donors (Lipinski definition) is 1. The zero-order chi connectivity index (χ0) is 11.8. The molecule has 1 saturated carbocycles. The van der Waals surface area contributed by atoms with Crippen molar-refractivity contribution in [1.29, 1.82) is 0 Å². The second-order valence-corrected chi connectivity index (χ2v) is 6.32. The number of nitrogens with zero attached hydrogens (tertiary/aromatic N) is 1. The average molecular weight is 226 g/mol. The van der Waals surface area contributed by atoms with Gasteiger partial charge >= 0.3 is 0 Å². The van der Waals surface area contributed by atoms with Crippen molar-refractivity contribution in [2.24, 2.45) is 11.1 Å². The minimum atomic E-state index is 0.346. The third-order valence-electron chi connectivity index (χ3n) is 4.42. The van der Waals surface area contributed by atoms with E-state index in [1.54, 1.807) is 0 Å².